The zero-order valence-corrected chi connectivity index (χ0v) is 28.4. The van der Waals surface area contributed by atoms with Gasteiger partial charge in [-0.1, -0.05) is 76.6 Å². The van der Waals surface area contributed by atoms with Crippen molar-refractivity contribution in [2.45, 2.75) is 15.0 Å². The van der Waals surface area contributed by atoms with Crippen LogP contribution in [0.2, 0.25) is 0 Å². The maximum atomic E-state index is 13.5. The quantitative estimate of drug-likeness (QED) is 0.0849. The number of thioether (sulfide) groups is 1. The maximum Gasteiger partial charge on any atom is 0.272 e. The van der Waals surface area contributed by atoms with Gasteiger partial charge in [0.15, 0.2) is 0 Å². The number of halogens is 1. The molecule has 0 saturated heterocycles. The lowest BCUT2D eigenvalue weighted by Crippen LogP contribution is -2.30. The second kappa shape index (κ2) is 15.7. The zero-order chi connectivity index (χ0) is 34.1. The Bertz CT molecular complexity index is 2040. The van der Waals surface area contributed by atoms with E-state index in [0.717, 1.165) is 14.9 Å². The molecule has 5 aromatic rings. The van der Waals surface area contributed by atoms with Gasteiger partial charge in [-0.25, -0.2) is 13.6 Å². The monoisotopic (exact) mass is 740 g/mol. The molecule has 0 aliphatic carbocycles. The number of nitrogens with one attached hydrogen (secondary N) is 3. The number of nitrogens with two attached hydrogens (primary N) is 1. The summed E-state index contributed by atoms with van der Waals surface area (Å²) < 4.78 is 24.1. The van der Waals surface area contributed by atoms with Crippen LogP contribution in [0.1, 0.15) is 26.7 Å². The highest BCUT2D eigenvalue weighted by Gasteiger charge is 2.23. The first-order valence-corrected chi connectivity index (χ1v) is 17.7. The molecule has 12 heteroatoms. The van der Waals surface area contributed by atoms with E-state index in [4.69, 9.17) is 5.14 Å². The SMILES string of the molecule is NS(=O)(=O)c1ccc(NC(=O)C(Sc2ccc(NC(=O)/C(=C/c3ccc(Br)cc3)NC(=O)c3ccccc3)cc2)c2ccccc2)cc1. The molecule has 0 aromatic heterocycles. The summed E-state index contributed by atoms with van der Waals surface area (Å²) in [4.78, 5) is 40.5. The Morgan fingerprint density at radius 3 is 1.88 bits per heavy atom. The van der Waals surface area contributed by atoms with Crippen LogP contribution in [0.15, 0.2) is 153 Å². The van der Waals surface area contributed by atoms with Crippen LogP contribution in [0.4, 0.5) is 11.4 Å². The summed E-state index contributed by atoms with van der Waals surface area (Å²) >= 11 is 4.71. The number of carbonyl (C=O) groups excluding carboxylic acids is 3. The van der Waals surface area contributed by atoms with Gasteiger partial charge in [0, 0.05) is 26.3 Å². The van der Waals surface area contributed by atoms with Crippen molar-refractivity contribution in [3.05, 3.63) is 160 Å². The van der Waals surface area contributed by atoms with Crippen LogP contribution in [0, 0.1) is 0 Å². The van der Waals surface area contributed by atoms with Crippen LogP contribution in [-0.4, -0.2) is 26.1 Å². The van der Waals surface area contributed by atoms with Crippen molar-refractivity contribution >= 4 is 72.9 Å². The van der Waals surface area contributed by atoms with Gasteiger partial charge >= 0.3 is 0 Å². The van der Waals surface area contributed by atoms with Gasteiger partial charge in [-0.3, -0.25) is 14.4 Å². The lowest BCUT2D eigenvalue weighted by Gasteiger charge is -2.18. The number of sulfonamides is 1. The summed E-state index contributed by atoms with van der Waals surface area (Å²) in [6.45, 7) is 0. The van der Waals surface area contributed by atoms with Crippen molar-refractivity contribution < 1.29 is 22.8 Å². The van der Waals surface area contributed by atoms with Gasteiger partial charge in [0.05, 0.1) is 4.90 Å². The highest BCUT2D eigenvalue weighted by molar-refractivity contribution is 9.10. The van der Waals surface area contributed by atoms with Crippen LogP contribution >= 0.6 is 27.7 Å². The van der Waals surface area contributed by atoms with Crippen LogP contribution in [0.25, 0.3) is 6.08 Å². The molecule has 0 radical (unpaired) electrons. The van der Waals surface area contributed by atoms with E-state index in [1.54, 1.807) is 60.7 Å². The van der Waals surface area contributed by atoms with Crippen molar-refractivity contribution in [2.75, 3.05) is 10.6 Å². The van der Waals surface area contributed by atoms with Gasteiger partial charge in [0.1, 0.15) is 10.9 Å². The summed E-state index contributed by atoms with van der Waals surface area (Å²) in [7, 11) is -3.86. The number of hydrogen-bond acceptors (Lipinski definition) is 6. The molecule has 0 bridgehead atoms. The minimum atomic E-state index is -3.86. The van der Waals surface area contributed by atoms with Gasteiger partial charge < -0.3 is 16.0 Å². The lowest BCUT2D eigenvalue weighted by molar-refractivity contribution is -0.116. The predicted octanol–water partition coefficient (Wildman–Crippen LogP) is 6.98. The maximum absolute atomic E-state index is 13.5. The summed E-state index contributed by atoms with van der Waals surface area (Å²) in [5.74, 6) is -1.26. The Morgan fingerprint density at radius 1 is 0.708 bits per heavy atom. The molecule has 1 atom stereocenters. The first kappa shape index (κ1) is 34.3. The molecule has 0 saturated carbocycles. The Hall–Kier alpha value is -5.01. The number of benzene rings is 5. The molecule has 48 heavy (non-hydrogen) atoms. The molecule has 9 nitrogen and oxygen atoms in total. The number of carbonyl (C=O) groups is 3. The molecular formula is C36H29BrN4O5S2. The van der Waals surface area contributed by atoms with E-state index in [-0.39, 0.29) is 16.5 Å². The third kappa shape index (κ3) is 9.52. The predicted molar refractivity (Wildman–Crippen MR) is 193 cm³/mol. The minimum absolute atomic E-state index is 0.0579. The molecule has 0 spiro atoms. The molecule has 242 valence electrons. The van der Waals surface area contributed by atoms with E-state index in [1.165, 1.54) is 36.0 Å². The Kier molecular flexibility index (Phi) is 11.2. The van der Waals surface area contributed by atoms with E-state index < -0.39 is 27.1 Å². The molecule has 0 heterocycles. The highest BCUT2D eigenvalue weighted by Crippen LogP contribution is 2.37. The summed E-state index contributed by atoms with van der Waals surface area (Å²) in [6.07, 6.45) is 1.60. The average Bonchev–Trinajstić information content (AvgIpc) is 3.09. The van der Waals surface area contributed by atoms with E-state index >= 15 is 0 Å². The fraction of sp³-hybridized carbons (Fsp3) is 0.0278. The van der Waals surface area contributed by atoms with Crippen molar-refractivity contribution in [3.8, 4) is 0 Å². The standard InChI is InChI=1S/C36H29BrN4O5S2/c37-27-13-11-24(12-14-27)23-32(41-34(42)26-9-5-2-6-10-26)35(43)39-28-15-19-30(20-16-28)47-33(25-7-3-1-4-8-25)36(44)40-29-17-21-31(22-18-29)48(38,45)46/h1-23,33H,(H,39,43)(H,40,44)(H,41,42)(H2,38,45,46)/b32-23-. The first-order chi connectivity index (χ1) is 23.0. The van der Waals surface area contributed by atoms with E-state index in [1.807, 2.05) is 54.6 Å². The van der Waals surface area contributed by atoms with Crippen molar-refractivity contribution in [1.29, 1.82) is 0 Å². The molecule has 5 N–H and O–H groups in total. The molecule has 0 aliphatic heterocycles. The minimum Gasteiger partial charge on any atom is -0.325 e. The third-order valence-corrected chi connectivity index (χ3v) is 9.59. The Labute approximate surface area is 290 Å². The Balaban J connectivity index is 1.32. The van der Waals surface area contributed by atoms with Crippen molar-refractivity contribution in [2.24, 2.45) is 5.14 Å². The van der Waals surface area contributed by atoms with Crippen LogP contribution in [0.5, 0.6) is 0 Å². The molecular weight excluding hydrogens is 712 g/mol. The van der Waals surface area contributed by atoms with E-state index in [0.29, 0.717) is 22.5 Å². The van der Waals surface area contributed by atoms with Gasteiger partial charge in [0.2, 0.25) is 15.9 Å². The van der Waals surface area contributed by atoms with Gasteiger partial charge in [-0.15, -0.1) is 11.8 Å². The zero-order valence-electron chi connectivity index (χ0n) is 25.2. The van der Waals surface area contributed by atoms with Crippen molar-refractivity contribution in [1.82, 2.24) is 5.32 Å². The number of amides is 3. The number of hydrogen-bond donors (Lipinski definition) is 4. The summed E-state index contributed by atoms with van der Waals surface area (Å²) in [5, 5.41) is 12.9. The molecule has 3 amide bonds. The van der Waals surface area contributed by atoms with Gasteiger partial charge in [-0.2, -0.15) is 0 Å². The van der Waals surface area contributed by atoms with Crippen LogP contribution in [-0.2, 0) is 19.6 Å². The molecule has 5 aromatic carbocycles. The number of primary sulfonamides is 1. The smallest absolute Gasteiger partial charge is 0.272 e. The molecule has 0 fully saturated rings. The molecule has 1 unspecified atom stereocenters. The largest absolute Gasteiger partial charge is 0.325 e. The van der Waals surface area contributed by atoms with Crippen molar-refractivity contribution in [3.63, 3.8) is 0 Å². The van der Waals surface area contributed by atoms with Crippen LogP contribution in [0.3, 0.4) is 0 Å². The highest BCUT2D eigenvalue weighted by atomic mass is 79.9. The van der Waals surface area contributed by atoms with E-state index in [9.17, 15) is 22.8 Å². The summed E-state index contributed by atoms with van der Waals surface area (Å²) in [6, 6.07) is 37.7. The fourth-order valence-corrected chi connectivity index (χ4v) is 6.26. The van der Waals surface area contributed by atoms with Gasteiger partial charge in [-0.05, 0) is 90.0 Å². The normalized spacial score (nSPS) is 12.1. The number of anilines is 2. The third-order valence-electron chi connectivity index (χ3n) is 6.87. The fourth-order valence-electron chi connectivity index (χ4n) is 4.46. The molecule has 0 aliphatic rings. The van der Waals surface area contributed by atoms with E-state index in [2.05, 4.69) is 31.9 Å². The summed E-state index contributed by atoms with van der Waals surface area (Å²) in [5.41, 5.74) is 2.84. The van der Waals surface area contributed by atoms with Crippen LogP contribution < -0.4 is 21.1 Å². The Morgan fingerprint density at radius 2 is 1.27 bits per heavy atom. The average molecular weight is 742 g/mol. The first-order valence-electron chi connectivity index (χ1n) is 14.5. The second-order valence-corrected chi connectivity index (χ2v) is 14.0. The topological polar surface area (TPSA) is 147 Å². The van der Waals surface area contributed by atoms with Gasteiger partial charge in [0.25, 0.3) is 11.8 Å². The number of rotatable bonds is 11. The second-order valence-electron chi connectivity index (χ2n) is 10.4. The molecule has 5 rings (SSSR count). The lowest BCUT2D eigenvalue weighted by atomic mass is 10.1.